The zero-order valence-corrected chi connectivity index (χ0v) is 11.5. The Labute approximate surface area is 113 Å². The number of ether oxygens (including phenoxy) is 1. The first-order valence-electron chi connectivity index (χ1n) is 6.19. The van der Waals surface area contributed by atoms with Gasteiger partial charge in [0.2, 0.25) is 5.91 Å². The topological polar surface area (TPSA) is 81.4 Å². The van der Waals surface area contributed by atoms with E-state index in [1.54, 1.807) is 24.3 Å². The van der Waals surface area contributed by atoms with Gasteiger partial charge in [-0.3, -0.25) is 4.79 Å². The lowest BCUT2D eigenvalue weighted by atomic mass is 10.0. The molecular weight excluding hydrogens is 244 g/mol. The zero-order valence-electron chi connectivity index (χ0n) is 11.5. The SMILES string of the molecule is COC(=O)c1ccc(NC(=O)C(N)CC(C)C)cc1. The van der Waals surface area contributed by atoms with E-state index in [1.807, 2.05) is 13.8 Å². The van der Waals surface area contributed by atoms with E-state index < -0.39 is 12.0 Å². The molecule has 1 aromatic rings. The molecule has 5 nitrogen and oxygen atoms in total. The minimum absolute atomic E-state index is 0.223. The highest BCUT2D eigenvalue weighted by Gasteiger charge is 2.15. The van der Waals surface area contributed by atoms with Gasteiger partial charge in [-0.25, -0.2) is 4.79 Å². The Bertz CT molecular complexity index is 441. The van der Waals surface area contributed by atoms with Crippen molar-refractivity contribution in [3.05, 3.63) is 29.8 Å². The van der Waals surface area contributed by atoms with Crippen LogP contribution in [0.4, 0.5) is 5.69 Å². The fraction of sp³-hybridized carbons (Fsp3) is 0.429. The van der Waals surface area contributed by atoms with Crippen molar-refractivity contribution in [2.45, 2.75) is 26.3 Å². The normalized spacial score (nSPS) is 12.1. The Morgan fingerprint density at radius 1 is 1.26 bits per heavy atom. The molecule has 1 aromatic carbocycles. The summed E-state index contributed by atoms with van der Waals surface area (Å²) in [6, 6.07) is 5.95. The molecule has 1 amide bonds. The van der Waals surface area contributed by atoms with Crippen LogP contribution in [0.5, 0.6) is 0 Å². The van der Waals surface area contributed by atoms with Gasteiger partial charge >= 0.3 is 5.97 Å². The predicted molar refractivity (Wildman–Crippen MR) is 73.8 cm³/mol. The van der Waals surface area contributed by atoms with Crippen LogP contribution in [0.3, 0.4) is 0 Å². The zero-order chi connectivity index (χ0) is 14.4. The van der Waals surface area contributed by atoms with Gasteiger partial charge in [-0.1, -0.05) is 13.8 Å². The third kappa shape index (κ3) is 4.71. The summed E-state index contributed by atoms with van der Waals surface area (Å²) in [6.45, 7) is 4.02. The van der Waals surface area contributed by atoms with Gasteiger partial charge in [0, 0.05) is 5.69 Å². The highest BCUT2D eigenvalue weighted by molar-refractivity contribution is 5.95. The van der Waals surface area contributed by atoms with E-state index >= 15 is 0 Å². The summed E-state index contributed by atoms with van der Waals surface area (Å²) in [6.07, 6.45) is 0.631. The second-order valence-corrected chi connectivity index (χ2v) is 4.79. The molecular formula is C14H20N2O3. The van der Waals surface area contributed by atoms with E-state index in [4.69, 9.17) is 5.73 Å². The van der Waals surface area contributed by atoms with Crippen molar-refractivity contribution in [3.63, 3.8) is 0 Å². The molecule has 0 bridgehead atoms. The molecule has 0 spiro atoms. The summed E-state index contributed by atoms with van der Waals surface area (Å²) in [5, 5.41) is 2.72. The third-order valence-corrected chi connectivity index (χ3v) is 2.64. The first-order chi connectivity index (χ1) is 8.93. The molecule has 104 valence electrons. The van der Waals surface area contributed by atoms with Crippen LogP contribution >= 0.6 is 0 Å². The van der Waals surface area contributed by atoms with Crippen LogP contribution in [-0.2, 0) is 9.53 Å². The summed E-state index contributed by atoms with van der Waals surface area (Å²) in [7, 11) is 1.32. The average molecular weight is 264 g/mol. The molecule has 19 heavy (non-hydrogen) atoms. The monoisotopic (exact) mass is 264 g/mol. The first-order valence-corrected chi connectivity index (χ1v) is 6.19. The highest BCUT2D eigenvalue weighted by Crippen LogP contribution is 2.12. The molecule has 1 rings (SSSR count). The maximum Gasteiger partial charge on any atom is 0.337 e. The number of hydrogen-bond donors (Lipinski definition) is 2. The van der Waals surface area contributed by atoms with E-state index in [2.05, 4.69) is 10.1 Å². The van der Waals surface area contributed by atoms with Gasteiger partial charge in [0.25, 0.3) is 0 Å². The van der Waals surface area contributed by atoms with Crippen molar-refractivity contribution < 1.29 is 14.3 Å². The largest absolute Gasteiger partial charge is 0.465 e. The minimum Gasteiger partial charge on any atom is -0.465 e. The van der Waals surface area contributed by atoms with Gasteiger partial charge in [-0.15, -0.1) is 0 Å². The van der Waals surface area contributed by atoms with Crippen molar-refractivity contribution >= 4 is 17.6 Å². The molecule has 0 aliphatic rings. The quantitative estimate of drug-likeness (QED) is 0.794. The van der Waals surface area contributed by atoms with Crippen molar-refractivity contribution in [1.29, 1.82) is 0 Å². The second-order valence-electron chi connectivity index (χ2n) is 4.79. The Kier molecular flexibility index (Phi) is 5.51. The number of carbonyl (C=O) groups excluding carboxylic acids is 2. The van der Waals surface area contributed by atoms with Gasteiger partial charge in [0.1, 0.15) is 0 Å². The number of benzene rings is 1. The molecule has 5 heteroatoms. The minimum atomic E-state index is -0.528. The number of carbonyl (C=O) groups is 2. The maximum atomic E-state index is 11.8. The molecule has 0 saturated carbocycles. The lowest BCUT2D eigenvalue weighted by Gasteiger charge is -2.14. The van der Waals surface area contributed by atoms with E-state index in [1.165, 1.54) is 7.11 Å². The number of rotatable bonds is 5. The molecule has 0 aromatic heterocycles. The molecule has 3 N–H and O–H groups in total. The predicted octanol–water partition coefficient (Wildman–Crippen LogP) is 1.79. The van der Waals surface area contributed by atoms with Gasteiger partial charge in [-0.05, 0) is 36.6 Å². The fourth-order valence-corrected chi connectivity index (χ4v) is 1.66. The second kappa shape index (κ2) is 6.89. The number of anilines is 1. The standard InChI is InChI=1S/C14H20N2O3/c1-9(2)8-12(15)13(17)16-11-6-4-10(5-7-11)14(18)19-3/h4-7,9,12H,8,15H2,1-3H3,(H,16,17). The lowest BCUT2D eigenvalue weighted by molar-refractivity contribution is -0.117. The average Bonchev–Trinajstić information content (AvgIpc) is 2.37. The Morgan fingerprint density at radius 3 is 2.32 bits per heavy atom. The Morgan fingerprint density at radius 2 is 1.84 bits per heavy atom. The smallest absolute Gasteiger partial charge is 0.337 e. The van der Waals surface area contributed by atoms with Crippen molar-refractivity contribution in [1.82, 2.24) is 0 Å². The maximum absolute atomic E-state index is 11.8. The highest BCUT2D eigenvalue weighted by atomic mass is 16.5. The molecule has 0 aliphatic carbocycles. The summed E-state index contributed by atoms with van der Waals surface area (Å²) < 4.78 is 4.59. The number of amides is 1. The number of esters is 1. The Balaban J connectivity index is 2.62. The molecule has 0 aliphatic heterocycles. The molecule has 0 radical (unpaired) electrons. The van der Waals surface area contributed by atoms with Gasteiger partial charge in [0.05, 0.1) is 18.7 Å². The summed E-state index contributed by atoms with van der Waals surface area (Å²) in [5.41, 5.74) is 6.82. The lowest BCUT2D eigenvalue weighted by Crippen LogP contribution is -2.36. The Hall–Kier alpha value is -1.88. The van der Waals surface area contributed by atoms with E-state index in [0.717, 1.165) is 0 Å². The van der Waals surface area contributed by atoms with Crippen LogP contribution in [0, 0.1) is 5.92 Å². The number of nitrogens with one attached hydrogen (secondary N) is 1. The fourth-order valence-electron chi connectivity index (χ4n) is 1.66. The van der Waals surface area contributed by atoms with Gasteiger partial charge in [0.15, 0.2) is 0 Å². The van der Waals surface area contributed by atoms with Crippen molar-refractivity contribution in [2.75, 3.05) is 12.4 Å². The van der Waals surface area contributed by atoms with E-state index in [-0.39, 0.29) is 5.91 Å². The molecule has 1 unspecified atom stereocenters. The van der Waals surface area contributed by atoms with Crippen LogP contribution < -0.4 is 11.1 Å². The van der Waals surface area contributed by atoms with Crippen molar-refractivity contribution in [3.8, 4) is 0 Å². The summed E-state index contributed by atoms with van der Waals surface area (Å²) in [4.78, 5) is 23.0. The first kappa shape index (κ1) is 15.2. The van der Waals surface area contributed by atoms with Crippen LogP contribution in [0.1, 0.15) is 30.6 Å². The third-order valence-electron chi connectivity index (χ3n) is 2.64. The van der Waals surface area contributed by atoms with Crippen LogP contribution in [0.15, 0.2) is 24.3 Å². The molecule has 1 atom stereocenters. The summed E-state index contributed by atoms with van der Waals surface area (Å²) in [5.74, 6) is -0.267. The number of methoxy groups -OCH3 is 1. The van der Waals surface area contributed by atoms with Crippen LogP contribution in [-0.4, -0.2) is 25.0 Å². The van der Waals surface area contributed by atoms with Crippen LogP contribution in [0.2, 0.25) is 0 Å². The van der Waals surface area contributed by atoms with Crippen molar-refractivity contribution in [2.24, 2.45) is 11.7 Å². The van der Waals surface area contributed by atoms with Gasteiger partial charge < -0.3 is 15.8 Å². The van der Waals surface area contributed by atoms with Crippen LogP contribution in [0.25, 0.3) is 0 Å². The van der Waals surface area contributed by atoms with Gasteiger partial charge in [-0.2, -0.15) is 0 Å². The number of nitrogens with two attached hydrogens (primary N) is 1. The molecule has 0 fully saturated rings. The van der Waals surface area contributed by atoms with E-state index in [9.17, 15) is 9.59 Å². The summed E-state index contributed by atoms with van der Waals surface area (Å²) >= 11 is 0. The molecule has 0 heterocycles. The number of hydrogen-bond acceptors (Lipinski definition) is 4. The molecule has 0 saturated heterocycles. The van der Waals surface area contributed by atoms with E-state index in [0.29, 0.717) is 23.6 Å².